The van der Waals surface area contributed by atoms with Crippen molar-refractivity contribution in [1.29, 1.82) is 0 Å². The zero-order valence-corrected chi connectivity index (χ0v) is 11.7. The summed E-state index contributed by atoms with van der Waals surface area (Å²) in [5.74, 6) is 0.450. The first-order chi connectivity index (χ1) is 8.31. The first-order valence-electron chi connectivity index (χ1n) is 6.36. The Kier molecular flexibility index (Phi) is 4.81. The normalized spacial score (nSPS) is 17.3. The molecule has 0 aliphatic carbocycles. The molecule has 0 unspecified atom stereocenters. The summed E-state index contributed by atoms with van der Waals surface area (Å²) in [5, 5.41) is 3.08. The van der Waals surface area contributed by atoms with Crippen LogP contribution in [0.5, 0.6) is 0 Å². The van der Waals surface area contributed by atoms with Crippen LogP contribution in [0.2, 0.25) is 0 Å². The van der Waals surface area contributed by atoms with Gasteiger partial charge in [-0.15, -0.1) is 0 Å². The van der Waals surface area contributed by atoms with Crippen LogP contribution in [-0.2, 0) is 4.74 Å². The molecule has 1 rings (SSSR count). The Morgan fingerprint density at radius 1 is 1.50 bits per heavy atom. The standard InChI is InChI=1S/C12H24N4O2/c1-5-6-14-10(13)15-9-7-16(8-9)11(17)18-12(2,3)4/h9H,5-8H2,1-4H3,(H3,13,14,15). The van der Waals surface area contributed by atoms with E-state index in [1.54, 1.807) is 4.90 Å². The third-order valence-electron chi connectivity index (χ3n) is 2.39. The van der Waals surface area contributed by atoms with E-state index in [0.29, 0.717) is 19.0 Å². The van der Waals surface area contributed by atoms with Gasteiger partial charge in [-0.1, -0.05) is 6.92 Å². The smallest absolute Gasteiger partial charge is 0.410 e. The van der Waals surface area contributed by atoms with Gasteiger partial charge in [-0.3, -0.25) is 4.99 Å². The number of carbonyl (C=O) groups is 1. The molecule has 0 aromatic heterocycles. The molecule has 0 bridgehead atoms. The Bertz CT molecular complexity index is 317. The molecule has 6 heteroatoms. The minimum absolute atomic E-state index is 0.179. The average Bonchev–Trinajstić information content (AvgIpc) is 2.16. The van der Waals surface area contributed by atoms with Crippen molar-refractivity contribution in [3.63, 3.8) is 0 Å². The van der Waals surface area contributed by atoms with Gasteiger partial charge in [0.25, 0.3) is 0 Å². The molecule has 1 saturated heterocycles. The monoisotopic (exact) mass is 256 g/mol. The lowest BCUT2D eigenvalue weighted by Gasteiger charge is -2.40. The topological polar surface area (TPSA) is 80.0 Å². The third-order valence-corrected chi connectivity index (χ3v) is 2.39. The first kappa shape index (κ1) is 14.6. The van der Waals surface area contributed by atoms with Gasteiger partial charge in [0.15, 0.2) is 5.96 Å². The number of carbonyl (C=O) groups excluding carboxylic acids is 1. The van der Waals surface area contributed by atoms with Crippen molar-refractivity contribution in [2.75, 3.05) is 19.6 Å². The molecule has 1 aliphatic rings. The molecule has 0 atom stereocenters. The number of nitrogens with zero attached hydrogens (tertiary/aromatic N) is 2. The Hall–Kier alpha value is -1.46. The summed E-state index contributed by atoms with van der Waals surface area (Å²) < 4.78 is 5.26. The van der Waals surface area contributed by atoms with E-state index < -0.39 is 5.60 Å². The summed E-state index contributed by atoms with van der Waals surface area (Å²) >= 11 is 0. The third kappa shape index (κ3) is 4.81. The van der Waals surface area contributed by atoms with Crippen molar-refractivity contribution in [3.05, 3.63) is 0 Å². The summed E-state index contributed by atoms with van der Waals surface area (Å²) in [5.41, 5.74) is 5.25. The highest BCUT2D eigenvalue weighted by molar-refractivity contribution is 5.78. The van der Waals surface area contributed by atoms with E-state index in [1.165, 1.54) is 0 Å². The summed E-state index contributed by atoms with van der Waals surface area (Å²) in [6.45, 7) is 9.56. The predicted octanol–water partition coefficient (Wildman–Crippen LogP) is 0.920. The van der Waals surface area contributed by atoms with Crippen LogP contribution in [0, 0.1) is 0 Å². The van der Waals surface area contributed by atoms with E-state index in [4.69, 9.17) is 10.5 Å². The summed E-state index contributed by atoms with van der Waals surface area (Å²) in [6.07, 6.45) is 0.696. The number of rotatable bonds is 3. The minimum Gasteiger partial charge on any atom is -0.444 e. The molecule has 1 amide bonds. The zero-order valence-electron chi connectivity index (χ0n) is 11.7. The van der Waals surface area contributed by atoms with Crippen molar-refractivity contribution < 1.29 is 9.53 Å². The Morgan fingerprint density at radius 2 is 2.11 bits per heavy atom. The molecule has 0 aromatic carbocycles. The molecule has 0 aromatic rings. The van der Waals surface area contributed by atoms with Crippen molar-refractivity contribution in [3.8, 4) is 0 Å². The highest BCUT2D eigenvalue weighted by Gasteiger charge is 2.33. The molecule has 104 valence electrons. The van der Waals surface area contributed by atoms with E-state index >= 15 is 0 Å². The van der Waals surface area contributed by atoms with Crippen LogP contribution in [0.25, 0.3) is 0 Å². The lowest BCUT2D eigenvalue weighted by atomic mass is 10.1. The van der Waals surface area contributed by atoms with Crippen LogP contribution in [0.15, 0.2) is 4.99 Å². The maximum Gasteiger partial charge on any atom is 0.410 e. The van der Waals surface area contributed by atoms with E-state index in [1.807, 2.05) is 27.7 Å². The Balaban J connectivity index is 2.25. The van der Waals surface area contributed by atoms with Crippen molar-refractivity contribution in [2.24, 2.45) is 10.7 Å². The molecule has 18 heavy (non-hydrogen) atoms. The summed E-state index contributed by atoms with van der Waals surface area (Å²) in [6, 6.07) is 0.179. The van der Waals surface area contributed by atoms with Crippen LogP contribution in [0.4, 0.5) is 4.79 Å². The predicted molar refractivity (Wildman–Crippen MR) is 71.5 cm³/mol. The average molecular weight is 256 g/mol. The van der Waals surface area contributed by atoms with Crippen LogP contribution >= 0.6 is 0 Å². The minimum atomic E-state index is -0.447. The molecule has 1 fully saturated rings. The zero-order chi connectivity index (χ0) is 13.8. The van der Waals surface area contributed by atoms with E-state index in [0.717, 1.165) is 13.0 Å². The SMILES string of the molecule is CCCN=C(N)NC1CN(C(=O)OC(C)(C)C)C1. The number of likely N-dealkylation sites (tertiary alicyclic amines) is 1. The number of ether oxygens (including phenoxy) is 1. The maximum atomic E-state index is 11.7. The number of aliphatic imine (C=N–C) groups is 1. The van der Waals surface area contributed by atoms with Crippen molar-refractivity contribution in [1.82, 2.24) is 10.2 Å². The highest BCUT2D eigenvalue weighted by atomic mass is 16.6. The van der Waals surface area contributed by atoms with Gasteiger partial charge in [-0.2, -0.15) is 0 Å². The second-order valence-corrected chi connectivity index (χ2v) is 5.49. The highest BCUT2D eigenvalue weighted by Crippen LogP contribution is 2.14. The maximum absolute atomic E-state index is 11.7. The fourth-order valence-corrected chi connectivity index (χ4v) is 1.53. The number of nitrogens with two attached hydrogens (primary N) is 1. The molecule has 1 aliphatic heterocycles. The molecule has 0 radical (unpaired) electrons. The van der Waals surface area contributed by atoms with Crippen LogP contribution < -0.4 is 11.1 Å². The van der Waals surface area contributed by atoms with Crippen LogP contribution in [0.1, 0.15) is 34.1 Å². The molecule has 0 spiro atoms. The lowest BCUT2D eigenvalue weighted by molar-refractivity contribution is 0.00706. The van der Waals surface area contributed by atoms with Gasteiger partial charge in [0, 0.05) is 19.6 Å². The quantitative estimate of drug-likeness (QED) is 0.581. The number of hydrogen-bond acceptors (Lipinski definition) is 3. The van der Waals surface area contributed by atoms with Gasteiger partial charge < -0.3 is 20.7 Å². The second kappa shape index (κ2) is 5.93. The Labute approximate surface area is 109 Å². The number of nitrogens with one attached hydrogen (secondary N) is 1. The summed E-state index contributed by atoms with van der Waals surface area (Å²) in [7, 11) is 0. The van der Waals surface area contributed by atoms with E-state index in [-0.39, 0.29) is 12.1 Å². The first-order valence-corrected chi connectivity index (χ1v) is 6.36. The van der Waals surface area contributed by atoms with Gasteiger partial charge in [-0.25, -0.2) is 4.79 Å². The lowest BCUT2D eigenvalue weighted by Crippen LogP contribution is -2.62. The fourth-order valence-electron chi connectivity index (χ4n) is 1.53. The number of hydrogen-bond donors (Lipinski definition) is 2. The largest absolute Gasteiger partial charge is 0.444 e. The molecule has 1 heterocycles. The molecular formula is C12H24N4O2. The molecular weight excluding hydrogens is 232 g/mol. The molecule has 0 saturated carbocycles. The van der Waals surface area contributed by atoms with Gasteiger partial charge in [0.2, 0.25) is 0 Å². The summed E-state index contributed by atoms with van der Waals surface area (Å²) in [4.78, 5) is 17.4. The van der Waals surface area contributed by atoms with E-state index in [2.05, 4.69) is 10.3 Å². The Morgan fingerprint density at radius 3 is 2.61 bits per heavy atom. The van der Waals surface area contributed by atoms with Gasteiger partial charge >= 0.3 is 6.09 Å². The van der Waals surface area contributed by atoms with Gasteiger partial charge in [0.05, 0.1) is 6.04 Å². The van der Waals surface area contributed by atoms with Crippen molar-refractivity contribution >= 4 is 12.1 Å². The van der Waals surface area contributed by atoms with Crippen LogP contribution in [0.3, 0.4) is 0 Å². The van der Waals surface area contributed by atoms with Gasteiger partial charge in [0.1, 0.15) is 5.60 Å². The number of guanidine groups is 1. The number of amides is 1. The molecule has 3 N–H and O–H groups in total. The molecule has 6 nitrogen and oxygen atoms in total. The second-order valence-electron chi connectivity index (χ2n) is 5.49. The van der Waals surface area contributed by atoms with Crippen molar-refractivity contribution in [2.45, 2.75) is 45.8 Å². The van der Waals surface area contributed by atoms with Crippen LogP contribution in [-0.4, -0.2) is 48.2 Å². The van der Waals surface area contributed by atoms with E-state index in [9.17, 15) is 4.79 Å². The van der Waals surface area contributed by atoms with Gasteiger partial charge in [-0.05, 0) is 27.2 Å². The fraction of sp³-hybridized carbons (Fsp3) is 0.833.